The molecular formula is C25H20N4O2S. The SMILES string of the molecule is COc1ccc(-c2cn3ccccc3n2)cc1NC(=O)c1sc(-c2ccccc2)nc1C. The minimum absolute atomic E-state index is 0.215. The highest BCUT2D eigenvalue weighted by Gasteiger charge is 2.18. The lowest BCUT2D eigenvalue weighted by atomic mass is 10.1. The molecule has 1 N–H and O–H groups in total. The Morgan fingerprint density at radius 3 is 2.59 bits per heavy atom. The van der Waals surface area contributed by atoms with Crippen molar-refractivity contribution in [2.45, 2.75) is 6.92 Å². The van der Waals surface area contributed by atoms with E-state index in [1.54, 1.807) is 7.11 Å². The Morgan fingerprint density at radius 2 is 1.81 bits per heavy atom. The first-order chi connectivity index (χ1) is 15.6. The molecule has 0 aliphatic rings. The van der Waals surface area contributed by atoms with Gasteiger partial charge in [-0.25, -0.2) is 9.97 Å². The van der Waals surface area contributed by atoms with Gasteiger partial charge in [0.15, 0.2) is 0 Å². The van der Waals surface area contributed by atoms with Crippen LogP contribution in [-0.2, 0) is 0 Å². The van der Waals surface area contributed by atoms with E-state index in [1.165, 1.54) is 11.3 Å². The second-order valence-electron chi connectivity index (χ2n) is 7.26. The molecule has 3 heterocycles. The third kappa shape index (κ3) is 3.74. The van der Waals surface area contributed by atoms with Gasteiger partial charge in [-0.2, -0.15) is 0 Å². The van der Waals surface area contributed by atoms with Crippen LogP contribution in [0.15, 0.2) is 79.1 Å². The van der Waals surface area contributed by atoms with Gasteiger partial charge in [0, 0.05) is 23.5 Å². The maximum absolute atomic E-state index is 13.1. The Balaban J connectivity index is 1.46. The van der Waals surface area contributed by atoms with Gasteiger partial charge >= 0.3 is 0 Å². The number of ether oxygens (including phenoxy) is 1. The molecule has 32 heavy (non-hydrogen) atoms. The van der Waals surface area contributed by atoms with E-state index in [4.69, 9.17) is 4.74 Å². The number of nitrogens with zero attached hydrogens (tertiary/aromatic N) is 3. The highest BCUT2D eigenvalue weighted by atomic mass is 32.1. The van der Waals surface area contributed by atoms with Crippen LogP contribution in [0.5, 0.6) is 5.75 Å². The van der Waals surface area contributed by atoms with Gasteiger partial charge in [0.1, 0.15) is 21.3 Å². The van der Waals surface area contributed by atoms with E-state index < -0.39 is 0 Å². The Labute approximate surface area is 189 Å². The fourth-order valence-electron chi connectivity index (χ4n) is 3.53. The molecule has 0 bridgehead atoms. The number of nitrogens with one attached hydrogen (secondary N) is 1. The van der Waals surface area contributed by atoms with Crippen molar-refractivity contribution in [3.05, 3.63) is 89.7 Å². The Kier molecular flexibility index (Phi) is 5.17. The highest BCUT2D eigenvalue weighted by Crippen LogP contribution is 2.33. The van der Waals surface area contributed by atoms with Crippen molar-refractivity contribution >= 4 is 28.6 Å². The number of hydrogen-bond acceptors (Lipinski definition) is 5. The van der Waals surface area contributed by atoms with E-state index in [9.17, 15) is 4.79 Å². The number of rotatable bonds is 5. The van der Waals surface area contributed by atoms with Gasteiger partial charge in [-0.1, -0.05) is 36.4 Å². The van der Waals surface area contributed by atoms with Crippen LogP contribution in [0, 0.1) is 6.92 Å². The third-order valence-electron chi connectivity index (χ3n) is 5.13. The number of imidazole rings is 1. The summed E-state index contributed by atoms with van der Waals surface area (Å²) in [7, 11) is 1.58. The van der Waals surface area contributed by atoms with E-state index in [0.717, 1.165) is 27.5 Å². The Hall–Kier alpha value is -3.97. The number of carbonyl (C=O) groups excluding carboxylic acids is 1. The fraction of sp³-hybridized carbons (Fsp3) is 0.0800. The standard InChI is InChI=1S/C25H20N4O2S/c1-16-23(32-25(26-16)17-8-4-3-5-9-17)24(30)28-19-14-18(11-12-21(19)31-2)20-15-29-13-7-6-10-22(29)27-20/h3-15H,1-2H3,(H,28,30). The average Bonchev–Trinajstić information content (AvgIpc) is 3.43. The van der Waals surface area contributed by atoms with Crippen LogP contribution in [0.1, 0.15) is 15.4 Å². The molecule has 0 fully saturated rings. The lowest BCUT2D eigenvalue weighted by Crippen LogP contribution is -2.12. The van der Waals surface area contributed by atoms with Gasteiger partial charge in [-0.05, 0) is 37.3 Å². The zero-order valence-corrected chi connectivity index (χ0v) is 18.4. The van der Waals surface area contributed by atoms with Crippen molar-refractivity contribution in [2.24, 2.45) is 0 Å². The summed E-state index contributed by atoms with van der Waals surface area (Å²) in [5, 5.41) is 3.82. The van der Waals surface area contributed by atoms with E-state index in [-0.39, 0.29) is 5.91 Å². The van der Waals surface area contributed by atoms with Crippen molar-refractivity contribution in [2.75, 3.05) is 12.4 Å². The van der Waals surface area contributed by atoms with Crippen molar-refractivity contribution in [3.63, 3.8) is 0 Å². The molecule has 5 aromatic rings. The molecule has 0 unspecified atom stereocenters. The highest BCUT2D eigenvalue weighted by molar-refractivity contribution is 7.17. The monoisotopic (exact) mass is 440 g/mol. The number of methoxy groups -OCH3 is 1. The van der Waals surface area contributed by atoms with Crippen molar-refractivity contribution in [1.82, 2.24) is 14.4 Å². The van der Waals surface area contributed by atoms with E-state index in [2.05, 4.69) is 15.3 Å². The van der Waals surface area contributed by atoms with E-state index in [1.807, 2.05) is 90.4 Å². The smallest absolute Gasteiger partial charge is 0.267 e. The summed E-state index contributed by atoms with van der Waals surface area (Å²) in [6.45, 7) is 1.85. The predicted molar refractivity (Wildman–Crippen MR) is 127 cm³/mol. The molecule has 0 atom stereocenters. The lowest BCUT2D eigenvalue weighted by molar-refractivity contribution is 0.102. The summed E-state index contributed by atoms with van der Waals surface area (Å²) in [6.07, 6.45) is 3.91. The van der Waals surface area contributed by atoms with Gasteiger partial charge in [-0.3, -0.25) is 4.79 Å². The zero-order chi connectivity index (χ0) is 22.1. The summed E-state index contributed by atoms with van der Waals surface area (Å²) in [5.74, 6) is 0.365. The van der Waals surface area contributed by atoms with Crippen LogP contribution >= 0.6 is 11.3 Å². The summed E-state index contributed by atoms with van der Waals surface area (Å²) < 4.78 is 7.45. The molecule has 1 amide bonds. The molecular weight excluding hydrogens is 420 g/mol. The molecule has 0 aliphatic heterocycles. The molecule has 0 saturated heterocycles. The Morgan fingerprint density at radius 1 is 1.00 bits per heavy atom. The number of pyridine rings is 1. The molecule has 158 valence electrons. The van der Waals surface area contributed by atoms with Crippen molar-refractivity contribution < 1.29 is 9.53 Å². The fourth-order valence-corrected chi connectivity index (χ4v) is 4.50. The summed E-state index contributed by atoms with van der Waals surface area (Å²) in [5.41, 5.74) is 4.83. The van der Waals surface area contributed by atoms with Gasteiger partial charge < -0.3 is 14.5 Å². The normalized spacial score (nSPS) is 10.9. The minimum Gasteiger partial charge on any atom is -0.495 e. The molecule has 0 aliphatic carbocycles. The van der Waals surface area contributed by atoms with Crippen LogP contribution in [-0.4, -0.2) is 27.4 Å². The molecule has 5 rings (SSSR count). The second-order valence-corrected chi connectivity index (χ2v) is 8.26. The number of carbonyl (C=O) groups is 1. The minimum atomic E-state index is -0.215. The zero-order valence-electron chi connectivity index (χ0n) is 17.6. The Bertz CT molecular complexity index is 1390. The number of aryl methyl sites for hydroxylation is 1. The second kappa shape index (κ2) is 8.28. The summed E-state index contributed by atoms with van der Waals surface area (Å²) in [6, 6.07) is 21.4. The van der Waals surface area contributed by atoms with Gasteiger partial charge in [-0.15, -0.1) is 11.3 Å². The number of amides is 1. The first-order valence-electron chi connectivity index (χ1n) is 10.1. The molecule has 0 spiro atoms. The van der Waals surface area contributed by atoms with E-state index >= 15 is 0 Å². The van der Waals surface area contributed by atoms with Crippen molar-refractivity contribution in [1.29, 1.82) is 0 Å². The van der Waals surface area contributed by atoms with Gasteiger partial charge in [0.25, 0.3) is 5.91 Å². The first kappa shape index (κ1) is 20.0. The van der Waals surface area contributed by atoms with Crippen molar-refractivity contribution in [3.8, 4) is 27.6 Å². The predicted octanol–water partition coefficient (Wildman–Crippen LogP) is 5.69. The molecule has 0 radical (unpaired) electrons. The molecule has 3 aromatic heterocycles. The molecule has 6 nitrogen and oxygen atoms in total. The summed E-state index contributed by atoms with van der Waals surface area (Å²) >= 11 is 1.38. The largest absolute Gasteiger partial charge is 0.495 e. The van der Waals surface area contributed by atoms with Crippen LogP contribution < -0.4 is 10.1 Å². The van der Waals surface area contributed by atoms with Gasteiger partial charge in [0.2, 0.25) is 0 Å². The maximum atomic E-state index is 13.1. The number of fused-ring (bicyclic) bond motifs is 1. The third-order valence-corrected chi connectivity index (χ3v) is 6.34. The molecule has 0 saturated carbocycles. The van der Waals surface area contributed by atoms with Gasteiger partial charge in [0.05, 0.1) is 24.2 Å². The van der Waals surface area contributed by atoms with Crippen LogP contribution in [0.3, 0.4) is 0 Å². The number of thiazole rings is 1. The molecule has 7 heteroatoms. The maximum Gasteiger partial charge on any atom is 0.267 e. The van der Waals surface area contributed by atoms with Crippen LogP contribution in [0.4, 0.5) is 5.69 Å². The quantitative estimate of drug-likeness (QED) is 0.381. The van der Waals surface area contributed by atoms with Crippen LogP contribution in [0.2, 0.25) is 0 Å². The topological polar surface area (TPSA) is 68.5 Å². The van der Waals surface area contributed by atoms with E-state index in [0.29, 0.717) is 22.0 Å². The lowest BCUT2D eigenvalue weighted by Gasteiger charge is -2.11. The average molecular weight is 441 g/mol. The van der Waals surface area contributed by atoms with Crippen LogP contribution in [0.25, 0.3) is 27.5 Å². The number of anilines is 1. The number of benzene rings is 2. The summed E-state index contributed by atoms with van der Waals surface area (Å²) in [4.78, 5) is 23.0. The first-order valence-corrected chi connectivity index (χ1v) is 10.9. The molecule has 2 aromatic carbocycles. The number of aromatic nitrogens is 3. The number of hydrogen-bond donors (Lipinski definition) is 1.